The number of ether oxygens (including phenoxy) is 1. The number of carbonyl (C=O) groups is 1. The summed E-state index contributed by atoms with van der Waals surface area (Å²) in [4.78, 5) is 15.7. The molecule has 4 rings (SSSR count). The van der Waals surface area contributed by atoms with Gasteiger partial charge in [0, 0.05) is 58.2 Å². The van der Waals surface area contributed by atoms with Crippen molar-refractivity contribution in [2.24, 2.45) is 7.05 Å². The van der Waals surface area contributed by atoms with Gasteiger partial charge in [-0.05, 0) is 6.92 Å². The van der Waals surface area contributed by atoms with Gasteiger partial charge in [0.1, 0.15) is 27.9 Å². The molecule has 0 aliphatic carbocycles. The molecule has 2 fully saturated rings. The number of nitrogens with zero attached hydrogens (tertiary/aromatic N) is 5. The number of halogens is 1. The fourth-order valence-corrected chi connectivity index (χ4v) is 3.95. The van der Waals surface area contributed by atoms with Gasteiger partial charge in [-0.15, -0.1) is 0 Å². The monoisotopic (exact) mass is 379 g/mol. The van der Waals surface area contributed by atoms with Crippen molar-refractivity contribution in [1.29, 1.82) is 0 Å². The number of rotatable bonds is 3. The van der Waals surface area contributed by atoms with Gasteiger partial charge in [0.15, 0.2) is 0 Å². The third-order valence-corrected chi connectivity index (χ3v) is 5.70. The highest BCUT2D eigenvalue weighted by atomic mass is 35.5. The Bertz CT molecular complexity index is 838. The number of carbonyl (C=O) groups excluding carboxylic acids is 1. The predicted octanol–water partition coefficient (Wildman–Crippen LogP) is 2.45. The Morgan fingerprint density at radius 3 is 2.62 bits per heavy atom. The zero-order valence-corrected chi connectivity index (χ0v) is 15.9. The van der Waals surface area contributed by atoms with Crippen LogP contribution in [0.3, 0.4) is 0 Å². The number of hydrogen-bond acceptors (Lipinski definition) is 6. The van der Waals surface area contributed by atoms with Crippen molar-refractivity contribution in [2.75, 3.05) is 26.7 Å². The van der Waals surface area contributed by atoms with E-state index >= 15 is 0 Å². The molecule has 2 saturated heterocycles. The minimum absolute atomic E-state index is 0.225. The zero-order chi connectivity index (χ0) is 18.5. The van der Waals surface area contributed by atoms with Gasteiger partial charge in [-0.2, -0.15) is 5.10 Å². The average Bonchev–Trinajstić information content (AvgIpc) is 3.23. The Morgan fingerprint density at radius 2 is 2.04 bits per heavy atom. The smallest absolute Gasteiger partial charge is 0.410 e. The van der Waals surface area contributed by atoms with Crippen LogP contribution in [0.2, 0.25) is 5.15 Å². The van der Waals surface area contributed by atoms with Gasteiger partial charge in [-0.25, -0.2) is 4.79 Å². The topological polar surface area (TPSA) is 76.6 Å². The molecule has 0 radical (unpaired) electrons. The number of likely N-dealkylation sites (N-methyl/N-ethyl adjacent to an activating group) is 1. The first-order chi connectivity index (χ1) is 12.4. The summed E-state index contributed by atoms with van der Waals surface area (Å²) in [6.07, 6.45) is 1.41. The molecule has 0 aromatic carbocycles. The van der Waals surface area contributed by atoms with Crippen molar-refractivity contribution in [2.45, 2.75) is 31.9 Å². The van der Waals surface area contributed by atoms with Crippen LogP contribution in [0.25, 0.3) is 11.4 Å². The molecule has 8 nitrogen and oxygen atoms in total. The predicted molar refractivity (Wildman–Crippen MR) is 94.8 cm³/mol. The normalized spacial score (nSPS) is 20.2. The van der Waals surface area contributed by atoms with Crippen LogP contribution in [0.4, 0.5) is 4.79 Å². The minimum Gasteiger partial charge on any atom is -0.441 e. The molecule has 2 aromatic heterocycles. The zero-order valence-electron chi connectivity index (χ0n) is 15.2. The van der Waals surface area contributed by atoms with Crippen molar-refractivity contribution in [3.05, 3.63) is 22.5 Å². The maximum atomic E-state index is 11.7. The molecule has 9 heteroatoms. The van der Waals surface area contributed by atoms with E-state index in [9.17, 15) is 4.79 Å². The average molecular weight is 380 g/mol. The second-order valence-corrected chi connectivity index (χ2v) is 7.61. The van der Waals surface area contributed by atoms with Gasteiger partial charge in [0.25, 0.3) is 0 Å². The summed E-state index contributed by atoms with van der Waals surface area (Å²) >= 11 is 6.49. The van der Waals surface area contributed by atoms with Gasteiger partial charge in [0.05, 0.1) is 6.54 Å². The van der Waals surface area contributed by atoms with Crippen LogP contribution in [-0.4, -0.2) is 63.1 Å². The molecule has 26 heavy (non-hydrogen) atoms. The lowest BCUT2D eigenvalue weighted by molar-refractivity contribution is -0.00115. The molecule has 0 saturated carbocycles. The number of aromatic nitrogens is 3. The van der Waals surface area contributed by atoms with Crippen LogP contribution in [0, 0.1) is 6.92 Å². The Kier molecular flexibility index (Phi) is 4.19. The van der Waals surface area contributed by atoms with Crippen LogP contribution in [0.1, 0.15) is 24.2 Å². The maximum absolute atomic E-state index is 11.7. The van der Waals surface area contributed by atoms with Crippen molar-refractivity contribution >= 4 is 17.7 Å². The highest BCUT2D eigenvalue weighted by molar-refractivity contribution is 6.30. The summed E-state index contributed by atoms with van der Waals surface area (Å²) in [6, 6.07) is 1.86. The van der Waals surface area contributed by atoms with Gasteiger partial charge in [-0.1, -0.05) is 16.8 Å². The summed E-state index contributed by atoms with van der Waals surface area (Å²) in [7, 11) is 3.60. The number of amides is 1. The first-order valence-electron chi connectivity index (χ1n) is 8.68. The third kappa shape index (κ3) is 2.97. The minimum atomic E-state index is -0.340. The molecule has 2 aliphatic rings. The molecular weight excluding hydrogens is 358 g/mol. The Hall–Kier alpha value is -2.06. The highest BCUT2D eigenvalue weighted by Crippen LogP contribution is 2.35. The summed E-state index contributed by atoms with van der Waals surface area (Å²) in [5.41, 5.74) is 2.05. The van der Waals surface area contributed by atoms with E-state index in [0.29, 0.717) is 23.9 Å². The fraction of sp³-hybridized carbons (Fsp3) is 0.588. The van der Waals surface area contributed by atoms with E-state index in [4.69, 9.17) is 20.9 Å². The van der Waals surface area contributed by atoms with Crippen LogP contribution < -0.4 is 0 Å². The lowest BCUT2D eigenvalue weighted by Crippen LogP contribution is -2.46. The third-order valence-electron chi connectivity index (χ3n) is 5.23. The molecule has 0 N–H and O–H groups in total. The molecule has 0 bridgehead atoms. The molecule has 140 valence electrons. The van der Waals surface area contributed by atoms with E-state index in [1.807, 2.05) is 20.0 Å². The van der Waals surface area contributed by atoms with E-state index < -0.39 is 0 Å². The van der Waals surface area contributed by atoms with Crippen LogP contribution >= 0.6 is 11.6 Å². The molecule has 4 heterocycles. The van der Waals surface area contributed by atoms with Gasteiger partial charge >= 0.3 is 6.09 Å². The molecule has 1 spiro atoms. The van der Waals surface area contributed by atoms with Gasteiger partial charge in [0.2, 0.25) is 0 Å². The van der Waals surface area contributed by atoms with E-state index in [1.165, 1.54) is 0 Å². The van der Waals surface area contributed by atoms with Gasteiger partial charge in [-0.3, -0.25) is 9.58 Å². The van der Waals surface area contributed by atoms with Crippen molar-refractivity contribution < 1.29 is 14.1 Å². The van der Waals surface area contributed by atoms with Crippen LogP contribution in [-0.2, 0) is 18.3 Å². The maximum Gasteiger partial charge on any atom is 0.410 e. The largest absolute Gasteiger partial charge is 0.441 e. The first-order valence-corrected chi connectivity index (χ1v) is 9.06. The van der Waals surface area contributed by atoms with Crippen molar-refractivity contribution in [3.63, 3.8) is 0 Å². The Morgan fingerprint density at radius 1 is 1.31 bits per heavy atom. The standard InChI is InChI=1S/C17H22ClN5O3/c1-11-8-13(20-26-11)14-12(15(18)22(3)19-14)9-23-6-4-17(5-7-23)10-21(2)16(24)25-17/h8H,4-7,9-10H2,1-3H3. The quantitative estimate of drug-likeness (QED) is 0.815. The fourth-order valence-electron chi connectivity index (χ4n) is 3.77. The number of aryl methyl sites for hydroxylation is 2. The molecule has 0 unspecified atom stereocenters. The Labute approximate surface area is 156 Å². The van der Waals surface area contributed by atoms with Crippen LogP contribution in [0.15, 0.2) is 10.6 Å². The molecule has 2 aromatic rings. The lowest BCUT2D eigenvalue weighted by Gasteiger charge is -2.37. The van der Waals surface area contributed by atoms with Crippen molar-refractivity contribution in [1.82, 2.24) is 24.7 Å². The second-order valence-electron chi connectivity index (χ2n) is 7.25. The summed E-state index contributed by atoms with van der Waals surface area (Å²) < 4.78 is 12.5. The Balaban J connectivity index is 1.50. The van der Waals surface area contributed by atoms with Crippen LogP contribution in [0.5, 0.6) is 0 Å². The number of likely N-dealkylation sites (tertiary alicyclic amines) is 1. The molecule has 1 amide bonds. The summed E-state index contributed by atoms with van der Waals surface area (Å²) in [6.45, 7) is 4.86. The molecular formula is C17H22ClN5O3. The second kappa shape index (κ2) is 6.28. The summed E-state index contributed by atoms with van der Waals surface area (Å²) in [5, 5.41) is 9.19. The number of hydrogen-bond donors (Lipinski definition) is 0. The lowest BCUT2D eigenvalue weighted by atomic mass is 9.91. The highest BCUT2D eigenvalue weighted by Gasteiger charge is 2.45. The first kappa shape index (κ1) is 17.4. The number of piperidine rings is 1. The van der Waals surface area contributed by atoms with E-state index in [-0.39, 0.29) is 11.7 Å². The van der Waals surface area contributed by atoms with Gasteiger partial charge < -0.3 is 14.2 Å². The SMILES string of the molecule is Cc1cc(-c2nn(C)c(Cl)c2CN2CCC3(CC2)CN(C)C(=O)O3)no1. The summed E-state index contributed by atoms with van der Waals surface area (Å²) in [5.74, 6) is 0.736. The van der Waals surface area contributed by atoms with E-state index in [1.54, 1.807) is 16.6 Å². The molecule has 2 aliphatic heterocycles. The van der Waals surface area contributed by atoms with E-state index in [2.05, 4.69) is 15.2 Å². The molecule has 0 atom stereocenters. The van der Waals surface area contributed by atoms with Crippen molar-refractivity contribution in [3.8, 4) is 11.4 Å². The van der Waals surface area contributed by atoms with E-state index in [0.717, 1.165) is 42.9 Å².